The number of halogens is 1. The van der Waals surface area contributed by atoms with Crippen LogP contribution >= 0.6 is 0 Å². The van der Waals surface area contributed by atoms with Crippen LogP contribution < -0.4 is 19.7 Å². The summed E-state index contributed by atoms with van der Waals surface area (Å²) in [5, 5.41) is 2.14. The first-order chi connectivity index (χ1) is 15.2. The van der Waals surface area contributed by atoms with Gasteiger partial charge in [-0.05, 0) is 49.4 Å². The van der Waals surface area contributed by atoms with Crippen molar-refractivity contribution in [2.24, 2.45) is 5.92 Å². The fraction of sp³-hybridized carbons (Fsp3) is 0.429. The number of imide groups is 1. The SMILES string of the molecule is C[C@@H](NS(=O)(=O)CCc1ccc(N2CC(=O)NC2=O)o1)c1ccc(F)c(OCC2CC2)c1. The van der Waals surface area contributed by atoms with Gasteiger partial charge in [0.1, 0.15) is 12.3 Å². The van der Waals surface area contributed by atoms with Crippen molar-refractivity contribution in [2.45, 2.75) is 32.2 Å². The number of rotatable bonds is 10. The van der Waals surface area contributed by atoms with Crippen molar-refractivity contribution in [3.63, 3.8) is 0 Å². The smallest absolute Gasteiger partial charge is 0.331 e. The number of furan rings is 1. The van der Waals surface area contributed by atoms with Crippen LogP contribution in [-0.2, 0) is 21.2 Å². The maximum Gasteiger partial charge on any atom is 0.331 e. The zero-order chi connectivity index (χ0) is 22.9. The normalized spacial score (nSPS) is 17.5. The number of nitrogens with one attached hydrogen (secondary N) is 2. The molecule has 2 fully saturated rings. The van der Waals surface area contributed by atoms with Gasteiger partial charge in [0.25, 0.3) is 0 Å². The molecule has 11 heteroatoms. The Morgan fingerprint density at radius 3 is 2.75 bits per heavy atom. The molecule has 0 spiro atoms. The highest BCUT2D eigenvalue weighted by Crippen LogP contribution is 2.31. The van der Waals surface area contributed by atoms with E-state index in [0.717, 1.165) is 17.7 Å². The molecule has 32 heavy (non-hydrogen) atoms. The Kier molecular flexibility index (Phi) is 6.20. The Morgan fingerprint density at radius 1 is 1.28 bits per heavy atom. The second kappa shape index (κ2) is 8.91. The average Bonchev–Trinajstić information content (AvgIpc) is 3.33. The summed E-state index contributed by atoms with van der Waals surface area (Å²) in [4.78, 5) is 24.1. The van der Waals surface area contributed by atoms with Gasteiger partial charge in [0.05, 0.1) is 12.4 Å². The third kappa shape index (κ3) is 5.46. The molecule has 2 aromatic rings. The number of aryl methyl sites for hydroxylation is 1. The molecule has 0 radical (unpaired) electrons. The molecule has 1 saturated heterocycles. The summed E-state index contributed by atoms with van der Waals surface area (Å²) in [6.45, 7) is 1.98. The van der Waals surface area contributed by atoms with Crippen LogP contribution in [0.25, 0.3) is 0 Å². The Balaban J connectivity index is 1.33. The molecule has 1 atom stereocenters. The first kappa shape index (κ1) is 22.3. The van der Waals surface area contributed by atoms with E-state index < -0.39 is 33.8 Å². The van der Waals surface area contributed by atoms with E-state index in [1.807, 2.05) is 0 Å². The van der Waals surface area contributed by atoms with Gasteiger partial charge in [-0.2, -0.15) is 0 Å². The Bertz CT molecular complexity index is 1130. The van der Waals surface area contributed by atoms with Gasteiger partial charge in [-0.25, -0.2) is 22.3 Å². The van der Waals surface area contributed by atoms with E-state index in [1.165, 1.54) is 24.3 Å². The topological polar surface area (TPSA) is 118 Å². The standard InChI is InChI=1S/C21H24FN3O6S/c1-13(15-4-6-17(22)18(10-15)30-12-14-2-3-14)24-32(28,29)9-8-16-5-7-20(31-16)25-11-19(26)23-21(25)27/h4-7,10,13-14,24H,2-3,8-9,11-12H2,1H3,(H,23,26,27)/t13-/m1/s1. The van der Waals surface area contributed by atoms with E-state index in [2.05, 4.69) is 10.0 Å². The van der Waals surface area contributed by atoms with E-state index >= 15 is 0 Å². The number of urea groups is 1. The van der Waals surface area contributed by atoms with Crippen LogP contribution in [0.1, 0.15) is 37.1 Å². The predicted molar refractivity (Wildman–Crippen MR) is 113 cm³/mol. The summed E-state index contributed by atoms with van der Waals surface area (Å²) >= 11 is 0. The first-order valence-electron chi connectivity index (χ1n) is 10.3. The number of amides is 3. The van der Waals surface area contributed by atoms with Gasteiger partial charge >= 0.3 is 6.03 Å². The highest BCUT2D eigenvalue weighted by Gasteiger charge is 2.30. The number of carbonyl (C=O) groups excluding carboxylic acids is 2. The molecule has 0 unspecified atom stereocenters. The number of carbonyl (C=O) groups is 2. The van der Waals surface area contributed by atoms with Crippen molar-refractivity contribution >= 4 is 27.8 Å². The minimum atomic E-state index is -3.69. The molecule has 1 aromatic heterocycles. The van der Waals surface area contributed by atoms with Crippen LogP contribution in [0.3, 0.4) is 0 Å². The number of ether oxygens (including phenoxy) is 1. The van der Waals surface area contributed by atoms with E-state index in [0.29, 0.717) is 23.8 Å². The summed E-state index contributed by atoms with van der Waals surface area (Å²) in [5.41, 5.74) is 0.589. The molecule has 1 aromatic carbocycles. The van der Waals surface area contributed by atoms with Gasteiger partial charge in [-0.3, -0.25) is 15.0 Å². The Hall–Kier alpha value is -2.92. The minimum Gasteiger partial charge on any atom is -0.490 e. The van der Waals surface area contributed by atoms with E-state index in [9.17, 15) is 22.4 Å². The number of nitrogens with zero attached hydrogens (tertiary/aromatic N) is 1. The second-order valence-corrected chi connectivity index (χ2v) is 9.91. The number of hydrogen-bond donors (Lipinski definition) is 2. The molecule has 172 valence electrons. The Labute approximate surface area is 185 Å². The van der Waals surface area contributed by atoms with Crippen LogP contribution in [0.2, 0.25) is 0 Å². The van der Waals surface area contributed by atoms with Crippen LogP contribution in [-0.4, -0.2) is 39.3 Å². The molecule has 9 nitrogen and oxygen atoms in total. The maximum absolute atomic E-state index is 14.0. The monoisotopic (exact) mass is 465 g/mol. The fourth-order valence-electron chi connectivity index (χ4n) is 3.29. The van der Waals surface area contributed by atoms with Gasteiger partial charge in [0.2, 0.25) is 21.8 Å². The van der Waals surface area contributed by atoms with Crippen molar-refractivity contribution in [1.29, 1.82) is 0 Å². The molecule has 1 saturated carbocycles. The lowest BCUT2D eigenvalue weighted by Gasteiger charge is -2.16. The molecular formula is C21H24FN3O6S. The number of benzene rings is 1. The maximum atomic E-state index is 14.0. The summed E-state index contributed by atoms with van der Waals surface area (Å²) in [5.74, 6) is -0.0388. The highest BCUT2D eigenvalue weighted by molar-refractivity contribution is 7.89. The number of hydrogen-bond acceptors (Lipinski definition) is 6. The lowest BCUT2D eigenvalue weighted by Crippen LogP contribution is -2.30. The quantitative estimate of drug-likeness (QED) is 0.521. The van der Waals surface area contributed by atoms with Gasteiger partial charge in [-0.1, -0.05) is 6.07 Å². The minimum absolute atomic E-state index is 0.0740. The van der Waals surface area contributed by atoms with Crippen molar-refractivity contribution in [3.8, 4) is 5.75 Å². The van der Waals surface area contributed by atoms with Gasteiger partial charge in [-0.15, -0.1) is 0 Å². The van der Waals surface area contributed by atoms with Crippen molar-refractivity contribution < 1.29 is 31.6 Å². The van der Waals surface area contributed by atoms with E-state index in [1.54, 1.807) is 13.0 Å². The highest BCUT2D eigenvalue weighted by atomic mass is 32.2. The lowest BCUT2D eigenvalue weighted by molar-refractivity contribution is -0.117. The van der Waals surface area contributed by atoms with E-state index in [4.69, 9.17) is 9.15 Å². The molecule has 2 heterocycles. The molecule has 1 aliphatic carbocycles. The second-order valence-electron chi connectivity index (χ2n) is 8.03. The zero-order valence-electron chi connectivity index (χ0n) is 17.5. The van der Waals surface area contributed by atoms with Crippen LogP contribution in [0, 0.1) is 11.7 Å². The van der Waals surface area contributed by atoms with Crippen LogP contribution in [0.4, 0.5) is 15.1 Å². The molecule has 4 rings (SSSR count). The first-order valence-corrected chi connectivity index (χ1v) is 12.0. The Morgan fingerprint density at radius 2 is 2.06 bits per heavy atom. The third-order valence-electron chi connectivity index (χ3n) is 5.31. The zero-order valence-corrected chi connectivity index (χ0v) is 18.3. The van der Waals surface area contributed by atoms with Gasteiger partial charge in [0.15, 0.2) is 11.6 Å². The number of sulfonamides is 1. The molecule has 2 N–H and O–H groups in total. The molecule has 1 aliphatic heterocycles. The van der Waals surface area contributed by atoms with Gasteiger partial charge < -0.3 is 9.15 Å². The fourth-order valence-corrected chi connectivity index (χ4v) is 4.55. The lowest BCUT2D eigenvalue weighted by atomic mass is 10.1. The predicted octanol–water partition coefficient (Wildman–Crippen LogP) is 2.49. The summed E-state index contributed by atoms with van der Waals surface area (Å²) in [6.07, 6.45) is 2.24. The molecular weight excluding hydrogens is 441 g/mol. The van der Waals surface area contributed by atoms with Crippen molar-refractivity contribution in [1.82, 2.24) is 10.0 Å². The molecule has 0 bridgehead atoms. The van der Waals surface area contributed by atoms with Crippen LogP contribution in [0.15, 0.2) is 34.7 Å². The molecule has 3 amide bonds. The number of anilines is 1. The van der Waals surface area contributed by atoms with Crippen LogP contribution in [0.5, 0.6) is 5.75 Å². The van der Waals surface area contributed by atoms with Gasteiger partial charge in [0, 0.05) is 18.5 Å². The summed E-state index contributed by atoms with van der Waals surface area (Å²) in [6, 6.07) is 6.21. The third-order valence-corrected chi connectivity index (χ3v) is 6.76. The molecule has 2 aliphatic rings. The summed E-state index contributed by atoms with van der Waals surface area (Å²) < 4.78 is 52.7. The summed E-state index contributed by atoms with van der Waals surface area (Å²) in [7, 11) is -3.69. The largest absolute Gasteiger partial charge is 0.490 e. The van der Waals surface area contributed by atoms with Crippen molar-refractivity contribution in [3.05, 3.63) is 47.5 Å². The van der Waals surface area contributed by atoms with Crippen molar-refractivity contribution in [2.75, 3.05) is 23.8 Å². The van der Waals surface area contributed by atoms with E-state index in [-0.39, 0.29) is 30.4 Å². The average molecular weight is 466 g/mol.